The van der Waals surface area contributed by atoms with Crippen molar-refractivity contribution < 1.29 is 14.0 Å². The monoisotopic (exact) mass is 292 g/mol. The summed E-state index contributed by atoms with van der Waals surface area (Å²) in [4.78, 5) is 24.7. The first-order valence-electron chi connectivity index (χ1n) is 7.34. The van der Waals surface area contributed by atoms with Gasteiger partial charge in [-0.1, -0.05) is 18.2 Å². The summed E-state index contributed by atoms with van der Waals surface area (Å²) in [5.41, 5.74) is 0.603. The van der Waals surface area contributed by atoms with Crippen LogP contribution in [-0.4, -0.2) is 36.3 Å². The Morgan fingerprint density at radius 2 is 2.00 bits per heavy atom. The van der Waals surface area contributed by atoms with Gasteiger partial charge in [-0.25, -0.2) is 4.39 Å². The van der Waals surface area contributed by atoms with Crippen LogP contribution in [0, 0.1) is 11.7 Å². The van der Waals surface area contributed by atoms with Gasteiger partial charge in [-0.15, -0.1) is 0 Å². The number of carbonyl (C=O) groups excluding carboxylic acids is 2. The third-order valence-corrected chi connectivity index (χ3v) is 3.68. The molecule has 1 aliphatic carbocycles. The molecule has 0 heterocycles. The Bertz CT molecular complexity index is 515. The highest BCUT2D eigenvalue weighted by Gasteiger charge is 2.29. The molecule has 0 aliphatic heterocycles. The maximum Gasteiger partial charge on any atom is 0.223 e. The van der Waals surface area contributed by atoms with Crippen LogP contribution in [0.1, 0.15) is 25.3 Å². The van der Waals surface area contributed by atoms with Gasteiger partial charge in [0.15, 0.2) is 0 Å². The van der Waals surface area contributed by atoms with Crippen molar-refractivity contribution in [2.75, 3.05) is 19.6 Å². The first-order valence-corrected chi connectivity index (χ1v) is 7.34. The maximum absolute atomic E-state index is 13.5. The molecule has 0 spiro atoms. The quantitative estimate of drug-likeness (QED) is 0.832. The molecular weight excluding hydrogens is 271 g/mol. The van der Waals surface area contributed by atoms with Crippen LogP contribution in [-0.2, 0) is 16.0 Å². The number of amides is 2. The third-order valence-electron chi connectivity index (χ3n) is 3.68. The van der Waals surface area contributed by atoms with Gasteiger partial charge in [0.1, 0.15) is 5.82 Å². The molecule has 1 fully saturated rings. The molecule has 1 aliphatic rings. The zero-order chi connectivity index (χ0) is 15.2. The van der Waals surface area contributed by atoms with Crippen molar-refractivity contribution in [3.05, 3.63) is 35.6 Å². The molecule has 4 nitrogen and oxygen atoms in total. The lowest BCUT2D eigenvalue weighted by Gasteiger charge is -2.21. The smallest absolute Gasteiger partial charge is 0.223 e. The van der Waals surface area contributed by atoms with Gasteiger partial charge >= 0.3 is 0 Å². The summed E-state index contributed by atoms with van der Waals surface area (Å²) < 4.78 is 13.5. The predicted molar refractivity (Wildman–Crippen MR) is 78.1 cm³/mol. The maximum atomic E-state index is 13.5. The van der Waals surface area contributed by atoms with Crippen molar-refractivity contribution in [2.45, 2.75) is 26.2 Å². The first kappa shape index (κ1) is 15.5. The van der Waals surface area contributed by atoms with Crippen LogP contribution in [0.2, 0.25) is 0 Å². The fourth-order valence-corrected chi connectivity index (χ4v) is 2.19. The second kappa shape index (κ2) is 7.20. The summed E-state index contributed by atoms with van der Waals surface area (Å²) in [6, 6.07) is 6.58. The van der Waals surface area contributed by atoms with E-state index in [0.717, 1.165) is 12.8 Å². The highest BCUT2D eigenvalue weighted by Crippen LogP contribution is 2.28. The van der Waals surface area contributed by atoms with E-state index in [4.69, 9.17) is 0 Å². The Kier molecular flexibility index (Phi) is 5.31. The minimum atomic E-state index is -0.247. The average Bonchev–Trinajstić information content (AvgIpc) is 3.28. The van der Waals surface area contributed by atoms with Crippen molar-refractivity contribution >= 4 is 11.8 Å². The lowest BCUT2D eigenvalue weighted by molar-refractivity contribution is -0.129. The molecule has 0 unspecified atom stereocenters. The van der Waals surface area contributed by atoms with Crippen LogP contribution >= 0.6 is 0 Å². The van der Waals surface area contributed by atoms with E-state index in [1.165, 1.54) is 13.0 Å². The van der Waals surface area contributed by atoms with Crippen LogP contribution in [0.15, 0.2) is 24.3 Å². The number of benzene rings is 1. The van der Waals surface area contributed by atoms with Crippen LogP contribution in [0.3, 0.4) is 0 Å². The molecular formula is C16H21FN2O2. The molecule has 1 aromatic carbocycles. The van der Waals surface area contributed by atoms with Crippen molar-refractivity contribution in [3.8, 4) is 0 Å². The molecule has 0 radical (unpaired) electrons. The number of rotatable bonds is 7. The number of hydrogen-bond donors (Lipinski definition) is 1. The normalized spacial score (nSPS) is 13.8. The number of nitrogens with zero attached hydrogens (tertiary/aromatic N) is 1. The fourth-order valence-electron chi connectivity index (χ4n) is 2.19. The largest absolute Gasteiger partial charge is 0.354 e. The minimum absolute atomic E-state index is 0.0630. The first-order chi connectivity index (χ1) is 10.1. The molecule has 2 rings (SSSR count). The number of nitrogens with one attached hydrogen (secondary N) is 1. The van der Waals surface area contributed by atoms with E-state index in [-0.39, 0.29) is 23.5 Å². The van der Waals surface area contributed by atoms with Gasteiger partial charge in [0.25, 0.3) is 0 Å². The van der Waals surface area contributed by atoms with E-state index in [9.17, 15) is 14.0 Å². The minimum Gasteiger partial charge on any atom is -0.354 e. The van der Waals surface area contributed by atoms with Crippen molar-refractivity contribution in [2.24, 2.45) is 5.92 Å². The van der Waals surface area contributed by atoms with E-state index in [1.54, 1.807) is 23.1 Å². The summed E-state index contributed by atoms with van der Waals surface area (Å²) >= 11 is 0. The Labute approximate surface area is 124 Å². The van der Waals surface area contributed by atoms with E-state index in [2.05, 4.69) is 5.32 Å². The van der Waals surface area contributed by atoms with Gasteiger partial charge in [-0.2, -0.15) is 0 Å². The molecule has 0 aromatic heterocycles. The molecule has 0 bridgehead atoms. The van der Waals surface area contributed by atoms with E-state index < -0.39 is 0 Å². The van der Waals surface area contributed by atoms with Gasteiger partial charge in [-0.3, -0.25) is 9.59 Å². The molecule has 1 aromatic rings. The number of carbonyl (C=O) groups is 2. The standard InChI is InChI=1S/C16H21FN2O2/c1-12(20)19(11-9-18-16(21)14-6-7-14)10-8-13-4-2-3-5-15(13)17/h2-5,14H,6-11H2,1H3,(H,18,21). The predicted octanol–water partition coefficient (Wildman–Crippen LogP) is 1.74. The summed E-state index contributed by atoms with van der Waals surface area (Å²) in [6.45, 7) is 2.86. The van der Waals surface area contributed by atoms with Crippen LogP contribution in [0.25, 0.3) is 0 Å². The van der Waals surface area contributed by atoms with Crippen LogP contribution in [0.5, 0.6) is 0 Å². The van der Waals surface area contributed by atoms with Crippen molar-refractivity contribution in [3.63, 3.8) is 0 Å². The Morgan fingerprint density at radius 1 is 1.29 bits per heavy atom. The van der Waals surface area contributed by atoms with Crippen LogP contribution in [0.4, 0.5) is 4.39 Å². The molecule has 114 valence electrons. The molecule has 5 heteroatoms. The summed E-state index contributed by atoms with van der Waals surface area (Å²) in [6.07, 6.45) is 2.41. The van der Waals surface area contributed by atoms with E-state index in [0.29, 0.717) is 31.6 Å². The van der Waals surface area contributed by atoms with Gasteiger partial charge in [0.2, 0.25) is 11.8 Å². The number of halogens is 1. The topological polar surface area (TPSA) is 49.4 Å². The van der Waals surface area contributed by atoms with Gasteiger partial charge in [-0.05, 0) is 30.9 Å². The van der Waals surface area contributed by atoms with E-state index in [1.807, 2.05) is 0 Å². The zero-order valence-corrected chi connectivity index (χ0v) is 12.3. The summed E-state index contributed by atoms with van der Waals surface area (Å²) in [5, 5.41) is 2.83. The van der Waals surface area contributed by atoms with Gasteiger partial charge in [0, 0.05) is 32.5 Å². The zero-order valence-electron chi connectivity index (χ0n) is 12.3. The summed E-state index contributed by atoms with van der Waals surface area (Å²) in [7, 11) is 0. The molecule has 0 saturated heterocycles. The average molecular weight is 292 g/mol. The Balaban J connectivity index is 1.77. The highest BCUT2D eigenvalue weighted by molar-refractivity contribution is 5.80. The van der Waals surface area contributed by atoms with Crippen molar-refractivity contribution in [1.82, 2.24) is 10.2 Å². The molecule has 1 saturated carbocycles. The SMILES string of the molecule is CC(=O)N(CCNC(=O)C1CC1)CCc1ccccc1F. The highest BCUT2D eigenvalue weighted by atomic mass is 19.1. The lowest BCUT2D eigenvalue weighted by atomic mass is 10.1. The molecule has 1 N–H and O–H groups in total. The number of hydrogen-bond acceptors (Lipinski definition) is 2. The summed E-state index contributed by atoms with van der Waals surface area (Å²) in [5.74, 6) is -0.0585. The van der Waals surface area contributed by atoms with Gasteiger partial charge in [0.05, 0.1) is 0 Å². The molecule has 0 atom stereocenters. The van der Waals surface area contributed by atoms with E-state index >= 15 is 0 Å². The lowest BCUT2D eigenvalue weighted by Crippen LogP contribution is -2.39. The fraction of sp³-hybridized carbons (Fsp3) is 0.500. The Morgan fingerprint density at radius 3 is 2.62 bits per heavy atom. The Hall–Kier alpha value is -1.91. The van der Waals surface area contributed by atoms with Gasteiger partial charge < -0.3 is 10.2 Å². The van der Waals surface area contributed by atoms with Crippen molar-refractivity contribution in [1.29, 1.82) is 0 Å². The van der Waals surface area contributed by atoms with Crippen LogP contribution < -0.4 is 5.32 Å². The second-order valence-electron chi connectivity index (χ2n) is 5.41. The second-order valence-corrected chi connectivity index (χ2v) is 5.41. The molecule has 2 amide bonds. The third kappa shape index (κ3) is 4.85. The molecule has 21 heavy (non-hydrogen) atoms.